The van der Waals surface area contributed by atoms with Crippen LogP contribution in [0.4, 0.5) is 4.39 Å². The molecule has 1 atom stereocenters. The summed E-state index contributed by atoms with van der Waals surface area (Å²) < 4.78 is 13.8. The summed E-state index contributed by atoms with van der Waals surface area (Å²) >= 11 is 12.1. The summed E-state index contributed by atoms with van der Waals surface area (Å²) in [4.78, 5) is 0. The molecule has 0 saturated carbocycles. The van der Waals surface area contributed by atoms with Crippen LogP contribution in [0.1, 0.15) is 17.2 Å². The monoisotopic (exact) mass is 283 g/mol. The van der Waals surface area contributed by atoms with Crippen molar-refractivity contribution < 1.29 is 4.39 Å². The summed E-state index contributed by atoms with van der Waals surface area (Å²) in [5.41, 5.74) is 1.31. The first-order valence-corrected chi connectivity index (χ1v) is 6.25. The van der Waals surface area contributed by atoms with Gasteiger partial charge in [0.15, 0.2) is 0 Å². The fraction of sp³-hybridized carbons (Fsp3) is 0.143. The molecular formula is C14H12Cl2FN. The van der Waals surface area contributed by atoms with Crippen molar-refractivity contribution in [3.8, 4) is 0 Å². The van der Waals surface area contributed by atoms with Crippen molar-refractivity contribution in [1.29, 1.82) is 0 Å². The second-order valence-corrected chi connectivity index (χ2v) is 4.75. The van der Waals surface area contributed by atoms with Gasteiger partial charge in [-0.05, 0) is 36.9 Å². The van der Waals surface area contributed by atoms with Crippen molar-refractivity contribution >= 4 is 23.2 Å². The van der Waals surface area contributed by atoms with E-state index in [1.54, 1.807) is 43.4 Å². The van der Waals surface area contributed by atoms with Crippen LogP contribution in [0.3, 0.4) is 0 Å². The molecule has 18 heavy (non-hydrogen) atoms. The molecule has 0 saturated heterocycles. The van der Waals surface area contributed by atoms with Crippen molar-refractivity contribution in [2.75, 3.05) is 7.05 Å². The van der Waals surface area contributed by atoms with E-state index >= 15 is 0 Å². The van der Waals surface area contributed by atoms with Gasteiger partial charge < -0.3 is 5.32 Å². The van der Waals surface area contributed by atoms with E-state index in [4.69, 9.17) is 23.2 Å². The lowest BCUT2D eigenvalue weighted by molar-refractivity contribution is 0.576. The van der Waals surface area contributed by atoms with Crippen LogP contribution < -0.4 is 5.32 Å². The van der Waals surface area contributed by atoms with E-state index in [0.717, 1.165) is 5.56 Å². The molecular weight excluding hydrogens is 272 g/mol. The first-order chi connectivity index (χ1) is 8.63. The molecule has 1 nitrogen and oxygen atoms in total. The van der Waals surface area contributed by atoms with Gasteiger partial charge in [-0.25, -0.2) is 4.39 Å². The predicted molar refractivity (Wildman–Crippen MR) is 73.8 cm³/mol. The highest BCUT2D eigenvalue weighted by molar-refractivity contribution is 6.33. The third-order valence-electron chi connectivity index (χ3n) is 2.77. The zero-order chi connectivity index (χ0) is 13.1. The Labute approximate surface area is 116 Å². The molecule has 0 spiro atoms. The molecule has 0 amide bonds. The third-order valence-corrected chi connectivity index (χ3v) is 3.35. The molecule has 2 aromatic carbocycles. The van der Waals surface area contributed by atoms with E-state index in [9.17, 15) is 4.39 Å². The second-order valence-electron chi connectivity index (χ2n) is 3.91. The molecule has 1 unspecified atom stereocenters. The first-order valence-electron chi connectivity index (χ1n) is 5.50. The molecule has 1 N–H and O–H groups in total. The van der Waals surface area contributed by atoms with Crippen LogP contribution in [0.2, 0.25) is 10.0 Å². The molecule has 0 fully saturated rings. The van der Waals surface area contributed by atoms with Crippen LogP contribution in [-0.4, -0.2) is 7.05 Å². The summed E-state index contributed by atoms with van der Waals surface area (Å²) in [7, 11) is 1.76. The van der Waals surface area contributed by atoms with Gasteiger partial charge in [-0.15, -0.1) is 0 Å². The summed E-state index contributed by atoms with van der Waals surface area (Å²) in [6, 6.07) is 11.5. The average Bonchev–Trinajstić information content (AvgIpc) is 2.36. The van der Waals surface area contributed by atoms with Crippen molar-refractivity contribution in [3.05, 3.63) is 69.5 Å². The highest BCUT2D eigenvalue weighted by atomic mass is 35.5. The van der Waals surface area contributed by atoms with E-state index in [-0.39, 0.29) is 11.9 Å². The molecule has 0 bridgehead atoms. The Balaban J connectivity index is 2.52. The lowest BCUT2D eigenvalue weighted by atomic mass is 9.98. The van der Waals surface area contributed by atoms with Crippen LogP contribution in [0.15, 0.2) is 42.5 Å². The smallest absolute Gasteiger partial charge is 0.128 e. The molecule has 0 aromatic heterocycles. The topological polar surface area (TPSA) is 12.0 Å². The molecule has 2 aromatic rings. The van der Waals surface area contributed by atoms with Crippen LogP contribution >= 0.6 is 23.2 Å². The number of halogens is 3. The van der Waals surface area contributed by atoms with Crippen LogP contribution in [0.25, 0.3) is 0 Å². The number of benzene rings is 2. The minimum absolute atomic E-state index is 0.270. The van der Waals surface area contributed by atoms with Crippen LogP contribution in [0.5, 0.6) is 0 Å². The maximum Gasteiger partial charge on any atom is 0.128 e. The van der Waals surface area contributed by atoms with E-state index in [2.05, 4.69) is 5.32 Å². The quantitative estimate of drug-likeness (QED) is 0.878. The molecule has 0 aliphatic rings. The number of hydrogen-bond acceptors (Lipinski definition) is 1. The van der Waals surface area contributed by atoms with Crippen molar-refractivity contribution in [2.45, 2.75) is 6.04 Å². The highest BCUT2D eigenvalue weighted by Crippen LogP contribution is 2.31. The van der Waals surface area contributed by atoms with Crippen molar-refractivity contribution in [3.63, 3.8) is 0 Å². The van der Waals surface area contributed by atoms with Crippen LogP contribution in [-0.2, 0) is 0 Å². The SMILES string of the molecule is CNC(c1ccccc1F)c1cc(Cl)ccc1Cl. The normalized spacial score (nSPS) is 12.4. The van der Waals surface area contributed by atoms with E-state index in [1.807, 2.05) is 0 Å². The number of rotatable bonds is 3. The van der Waals surface area contributed by atoms with Gasteiger partial charge in [0.25, 0.3) is 0 Å². The van der Waals surface area contributed by atoms with Gasteiger partial charge in [0.1, 0.15) is 5.82 Å². The molecule has 0 aliphatic heterocycles. The van der Waals surface area contributed by atoms with Crippen LogP contribution in [0, 0.1) is 5.82 Å². The van der Waals surface area contributed by atoms with E-state index in [1.165, 1.54) is 6.07 Å². The Morgan fingerprint density at radius 2 is 1.78 bits per heavy atom. The Kier molecular flexibility index (Phi) is 4.23. The molecule has 0 radical (unpaired) electrons. The second kappa shape index (κ2) is 5.70. The van der Waals surface area contributed by atoms with Gasteiger partial charge in [0.2, 0.25) is 0 Å². The van der Waals surface area contributed by atoms with Crippen molar-refractivity contribution in [1.82, 2.24) is 5.32 Å². The molecule has 2 rings (SSSR count). The Hall–Kier alpha value is -1.09. The minimum Gasteiger partial charge on any atom is -0.309 e. The van der Waals surface area contributed by atoms with E-state index < -0.39 is 0 Å². The largest absolute Gasteiger partial charge is 0.309 e. The maximum atomic E-state index is 13.8. The lowest BCUT2D eigenvalue weighted by Gasteiger charge is -2.19. The minimum atomic E-state index is -0.322. The standard InChI is InChI=1S/C14H12Cl2FN/c1-18-14(10-4-2-3-5-13(10)17)11-8-9(15)6-7-12(11)16/h2-8,14,18H,1H3. The number of nitrogens with one attached hydrogen (secondary N) is 1. The Morgan fingerprint density at radius 3 is 2.44 bits per heavy atom. The maximum absolute atomic E-state index is 13.8. The molecule has 94 valence electrons. The Morgan fingerprint density at radius 1 is 1.06 bits per heavy atom. The van der Waals surface area contributed by atoms with Gasteiger partial charge in [-0.3, -0.25) is 0 Å². The highest BCUT2D eigenvalue weighted by Gasteiger charge is 2.18. The third kappa shape index (κ3) is 2.66. The van der Waals surface area contributed by atoms with Gasteiger partial charge in [-0.2, -0.15) is 0 Å². The molecule has 0 aliphatic carbocycles. The van der Waals surface area contributed by atoms with Gasteiger partial charge in [0.05, 0.1) is 6.04 Å². The Bertz CT molecular complexity index is 557. The van der Waals surface area contributed by atoms with Gasteiger partial charge in [-0.1, -0.05) is 41.4 Å². The number of hydrogen-bond donors (Lipinski definition) is 1. The predicted octanol–water partition coefficient (Wildman–Crippen LogP) is 4.44. The summed E-state index contributed by atoms with van der Waals surface area (Å²) in [5, 5.41) is 4.19. The zero-order valence-corrected chi connectivity index (χ0v) is 11.3. The molecule has 0 heterocycles. The van der Waals surface area contributed by atoms with E-state index in [0.29, 0.717) is 15.6 Å². The van der Waals surface area contributed by atoms with Gasteiger partial charge >= 0.3 is 0 Å². The molecule has 4 heteroatoms. The zero-order valence-electron chi connectivity index (χ0n) is 9.75. The van der Waals surface area contributed by atoms with Crippen molar-refractivity contribution in [2.24, 2.45) is 0 Å². The summed E-state index contributed by atoms with van der Waals surface area (Å²) in [5.74, 6) is -0.270. The summed E-state index contributed by atoms with van der Waals surface area (Å²) in [6.07, 6.45) is 0. The lowest BCUT2D eigenvalue weighted by Crippen LogP contribution is -2.19. The van der Waals surface area contributed by atoms with Gasteiger partial charge in [0, 0.05) is 15.6 Å². The fourth-order valence-electron chi connectivity index (χ4n) is 1.92. The average molecular weight is 284 g/mol. The summed E-state index contributed by atoms with van der Waals surface area (Å²) in [6.45, 7) is 0. The first kappa shape index (κ1) is 13.3. The fourth-order valence-corrected chi connectivity index (χ4v) is 2.33.